The van der Waals surface area contributed by atoms with Gasteiger partial charge in [-0.25, -0.2) is 4.98 Å². The maximum Gasteiger partial charge on any atom is 0.297 e. The third-order valence-electron chi connectivity index (χ3n) is 3.51. The summed E-state index contributed by atoms with van der Waals surface area (Å²) < 4.78 is 2.37. The van der Waals surface area contributed by atoms with Gasteiger partial charge < -0.3 is 5.73 Å². The number of anilines is 1. The first-order valence-electron chi connectivity index (χ1n) is 6.42. The summed E-state index contributed by atoms with van der Waals surface area (Å²) in [4.78, 5) is 15.1. The van der Waals surface area contributed by atoms with E-state index in [1.807, 2.05) is 6.07 Å². The number of aryl methyl sites for hydroxylation is 2. The van der Waals surface area contributed by atoms with E-state index in [1.165, 1.54) is 6.20 Å². The highest BCUT2D eigenvalue weighted by atomic mass is 79.9. The van der Waals surface area contributed by atoms with Crippen molar-refractivity contribution >= 4 is 38.2 Å². The minimum Gasteiger partial charge on any atom is -0.395 e. The van der Waals surface area contributed by atoms with Gasteiger partial charge in [0.2, 0.25) is 0 Å². The fourth-order valence-electron chi connectivity index (χ4n) is 2.51. The van der Waals surface area contributed by atoms with Crippen LogP contribution in [0.3, 0.4) is 0 Å². The third kappa shape index (κ3) is 2.12. The smallest absolute Gasteiger partial charge is 0.297 e. The van der Waals surface area contributed by atoms with Gasteiger partial charge >= 0.3 is 0 Å². The zero-order chi connectivity index (χ0) is 16.0. The minimum absolute atomic E-state index is 0.0969. The lowest BCUT2D eigenvalue weighted by Gasteiger charge is -2.09. The van der Waals surface area contributed by atoms with E-state index in [0.29, 0.717) is 33.5 Å². The fraction of sp³-hybridized carbons (Fsp3) is 0.143. The normalized spacial score (nSPS) is 11.0. The van der Waals surface area contributed by atoms with E-state index in [9.17, 15) is 10.1 Å². The van der Waals surface area contributed by atoms with Crippen molar-refractivity contribution in [3.63, 3.8) is 0 Å². The molecule has 0 aliphatic carbocycles. The maximum atomic E-state index is 11.4. The number of halogens is 1. The molecule has 0 spiro atoms. The second-order valence-corrected chi connectivity index (χ2v) is 5.82. The highest BCUT2D eigenvalue weighted by molar-refractivity contribution is 9.10. The number of nitrogens with zero attached hydrogens (tertiary/aromatic N) is 4. The third-order valence-corrected chi connectivity index (χ3v) is 4.01. The topological polar surface area (TPSA) is 99.9 Å². The Morgan fingerprint density at radius 1 is 1.41 bits per heavy atom. The molecule has 2 aromatic heterocycles. The molecule has 0 saturated heterocycles. The van der Waals surface area contributed by atoms with Gasteiger partial charge in [0.15, 0.2) is 0 Å². The van der Waals surface area contributed by atoms with Crippen LogP contribution in [0, 0.1) is 17.0 Å². The molecule has 0 radical (unpaired) electrons. The number of nitrogen functional groups attached to an aromatic ring is 1. The van der Waals surface area contributed by atoms with E-state index < -0.39 is 4.92 Å². The summed E-state index contributed by atoms with van der Waals surface area (Å²) in [5, 5.41) is 16.3. The molecule has 2 N–H and O–H groups in total. The van der Waals surface area contributed by atoms with Gasteiger partial charge in [-0.2, -0.15) is 5.10 Å². The number of nitro groups is 1. The van der Waals surface area contributed by atoms with Crippen LogP contribution in [0.5, 0.6) is 0 Å². The summed E-state index contributed by atoms with van der Waals surface area (Å²) in [5.41, 5.74) is 8.66. The molecule has 3 aromatic rings. The van der Waals surface area contributed by atoms with Gasteiger partial charge in [0, 0.05) is 16.9 Å². The van der Waals surface area contributed by atoms with Crippen LogP contribution < -0.4 is 5.73 Å². The van der Waals surface area contributed by atoms with Crippen LogP contribution in [-0.2, 0) is 7.05 Å². The summed E-state index contributed by atoms with van der Waals surface area (Å²) in [6, 6.07) is 5.43. The van der Waals surface area contributed by atoms with Gasteiger partial charge in [0.05, 0.1) is 33.1 Å². The average molecular weight is 362 g/mol. The van der Waals surface area contributed by atoms with Crippen molar-refractivity contribution in [3.05, 3.63) is 44.7 Å². The molecule has 22 heavy (non-hydrogen) atoms. The van der Waals surface area contributed by atoms with E-state index in [4.69, 9.17) is 5.73 Å². The monoisotopic (exact) mass is 361 g/mol. The molecule has 2 heterocycles. The molecule has 0 atom stereocenters. The lowest BCUT2D eigenvalue weighted by Crippen LogP contribution is -2.01. The second-order valence-electron chi connectivity index (χ2n) is 4.91. The molecule has 112 valence electrons. The first-order chi connectivity index (χ1) is 10.4. The number of aromatic nitrogens is 3. The summed E-state index contributed by atoms with van der Waals surface area (Å²) in [5.74, 6) is 0. The predicted octanol–water partition coefficient (Wildman–Crippen LogP) is 3.20. The molecule has 0 unspecified atom stereocenters. The molecular weight excluding hydrogens is 350 g/mol. The van der Waals surface area contributed by atoms with E-state index in [0.717, 1.165) is 4.47 Å². The Morgan fingerprint density at radius 2 is 2.14 bits per heavy atom. The molecule has 3 rings (SSSR count). The number of hydrogen-bond acceptors (Lipinski definition) is 5. The van der Waals surface area contributed by atoms with Crippen molar-refractivity contribution in [1.82, 2.24) is 14.8 Å². The van der Waals surface area contributed by atoms with Crippen LogP contribution in [0.2, 0.25) is 0 Å². The number of fused-ring (bicyclic) bond motifs is 1. The van der Waals surface area contributed by atoms with Gasteiger partial charge in [-0.15, -0.1) is 0 Å². The summed E-state index contributed by atoms with van der Waals surface area (Å²) in [6.45, 7) is 1.77. The predicted molar refractivity (Wildman–Crippen MR) is 87.4 cm³/mol. The van der Waals surface area contributed by atoms with Crippen LogP contribution >= 0.6 is 15.9 Å². The Morgan fingerprint density at radius 3 is 2.73 bits per heavy atom. The molecule has 8 heteroatoms. The van der Waals surface area contributed by atoms with Crippen molar-refractivity contribution in [2.75, 3.05) is 5.73 Å². The molecular formula is C14H12BrN5O2. The SMILES string of the molecule is Cc1nn(C)c(-c2c([N+](=O)[O-])cnc3ccc(Br)cc23)c1N. The zero-order valence-electron chi connectivity index (χ0n) is 11.9. The number of nitrogens with two attached hydrogens (primary N) is 1. The van der Waals surface area contributed by atoms with Crippen LogP contribution in [0.1, 0.15) is 5.69 Å². The number of rotatable bonds is 2. The van der Waals surface area contributed by atoms with Crippen molar-refractivity contribution in [2.24, 2.45) is 7.05 Å². The van der Waals surface area contributed by atoms with Crippen LogP contribution in [-0.4, -0.2) is 19.7 Å². The minimum atomic E-state index is -0.454. The highest BCUT2D eigenvalue weighted by Gasteiger charge is 2.25. The van der Waals surface area contributed by atoms with Crippen molar-refractivity contribution in [3.8, 4) is 11.3 Å². The molecule has 1 aromatic carbocycles. The standard InChI is InChI=1S/C14H12BrN5O2/c1-7-13(16)14(19(2)18-7)12-9-5-8(15)3-4-10(9)17-6-11(12)20(21)22/h3-6H,16H2,1-2H3. The van der Waals surface area contributed by atoms with Crippen LogP contribution in [0.4, 0.5) is 11.4 Å². The molecule has 0 saturated carbocycles. The number of benzene rings is 1. The van der Waals surface area contributed by atoms with Gasteiger partial charge in [-0.3, -0.25) is 14.8 Å². The maximum absolute atomic E-state index is 11.4. The summed E-state index contributed by atoms with van der Waals surface area (Å²) in [7, 11) is 1.71. The van der Waals surface area contributed by atoms with E-state index in [1.54, 1.807) is 30.8 Å². The van der Waals surface area contributed by atoms with Gasteiger partial charge in [0.1, 0.15) is 6.20 Å². The molecule has 7 nitrogen and oxygen atoms in total. The molecule has 0 aliphatic rings. The van der Waals surface area contributed by atoms with Crippen LogP contribution in [0.15, 0.2) is 28.9 Å². The van der Waals surface area contributed by atoms with Crippen molar-refractivity contribution in [1.29, 1.82) is 0 Å². The number of hydrogen-bond donors (Lipinski definition) is 1. The first-order valence-corrected chi connectivity index (χ1v) is 7.21. The average Bonchev–Trinajstić information content (AvgIpc) is 2.71. The van der Waals surface area contributed by atoms with Crippen LogP contribution in [0.25, 0.3) is 22.2 Å². The quantitative estimate of drug-likeness (QED) is 0.557. The Kier molecular flexibility index (Phi) is 3.32. The Bertz CT molecular complexity index is 919. The largest absolute Gasteiger partial charge is 0.395 e. The van der Waals surface area contributed by atoms with Crippen molar-refractivity contribution < 1.29 is 4.92 Å². The van der Waals surface area contributed by atoms with Gasteiger partial charge in [0.25, 0.3) is 5.69 Å². The highest BCUT2D eigenvalue weighted by Crippen LogP contribution is 2.39. The Balaban J connectivity index is 2.51. The van der Waals surface area contributed by atoms with Gasteiger partial charge in [-0.05, 0) is 25.1 Å². The van der Waals surface area contributed by atoms with E-state index >= 15 is 0 Å². The zero-order valence-corrected chi connectivity index (χ0v) is 13.5. The Labute approximate surface area is 134 Å². The van der Waals surface area contributed by atoms with E-state index in [2.05, 4.69) is 26.0 Å². The number of pyridine rings is 1. The first kappa shape index (κ1) is 14.5. The lowest BCUT2D eigenvalue weighted by atomic mass is 10.0. The summed E-state index contributed by atoms with van der Waals surface area (Å²) in [6.07, 6.45) is 1.26. The van der Waals surface area contributed by atoms with Crippen molar-refractivity contribution in [2.45, 2.75) is 6.92 Å². The second kappa shape index (κ2) is 5.06. The molecule has 0 aliphatic heterocycles. The molecule has 0 amide bonds. The molecule has 0 bridgehead atoms. The fourth-order valence-corrected chi connectivity index (χ4v) is 2.87. The van der Waals surface area contributed by atoms with Gasteiger partial charge in [-0.1, -0.05) is 15.9 Å². The summed E-state index contributed by atoms with van der Waals surface area (Å²) >= 11 is 3.39. The Hall–Kier alpha value is -2.48. The molecule has 0 fully saturated rings. The van der Waals surface area contributed by atoms with E-state index in [-0.39, 0.29) is 5.69 Å². The lowest BCUT2D eigenvalue weighted by molar-refractivity contribution is -0.384.